The van der Waals surface area contributed by atoms with Crippen LogP contribution in [0.15, 0.2) is 96.0 Å². The van der Waals surface area contributed by atoms with Gasteiger partial charge in [0.15, 0.2) is 0 Å². The molecule has 3 rings (SSSR count). The van der Waals surface area contributed by atoms with Crippen LogP contribution in [0.1, 0.15) is 114 Å². The summed E-state index contributed by atoms with van der Waals surface area (Å²) in [4.78, 5) is 35.7. The molecule has 0 aromatic heterocycles. The van der Waals surface area contributed by atoms with Crippen LogP contribution >= 0.6 is 0 Å². The average Bonchev–Trinajstić information content (AvgIpc) is 3.10. The van der Waals surface area contributed by atoms with E-state index in [1.165, 1.54) is 24.0 Å². The Bertz CT molecular complexity index is 1360. The van der Waals surface area contributed by atoms with E-state index in [1.807, 2.05) is 18.2 Å². The lowest BCUT2D eigenvalue weighted by Gasteiger charge is -2.24. The van der Waals surface area contributed by atoms with Crippen molar-refractivity contribution in [1.82, 2.24) is 0 Å². The zero-order chi connectivity index (χ0) is 34.7. The minimum Gasteiger partial charge on any atom is -0.488 e. The number of carbonyl (C=O) groups excluding carboxylic acids is 3. The fourth-order valence-electron chi connectivity index (χ4n) is 5.56. The summed E-state index contributed by atoms with van der Waals surface area (Å²) in [7, 11) is 0. The number of aliphatic hydroxyl groups excluding tert-OH is 1. The highest BCUT2D eigenvalue weighted by molar-refractivity contribution is 5.90. The van der Waals surface area contributed by atoms with Crippen LogP contribution in [0.2, 0.25) is 0 Å². The molecule has 48 heavy (non-hydrogen) atoms. The van der Waals surface area contributed by atoms with Crippen molar-refractivity contribution in [2.24, 2.45) is 0 Å². The smallest absolute Gasteiger partial charge is 0.343 e. The number of benzene rings is 1. The summed E-state index contributed by atoms with van der Waals surface area (Å²) in [5.41, 5.74) is 3.10. The molecule has 1 aromatic rings. The maximum absolute atomic E-state index is 12.9. The first-order valence-corrected chi connectivity index (χ1v) is 17.4. The van der Waals surface area contributed by atoms with Gasteiger partial charge >= 0.3 is 11.9 Å². The molecular weight excluding hydrogens is 608 g/mol. The molecule has 0 spiro atoms. The van der Waals surface area contributed by atoms with E-state index in [-0.39, 0.29) is 6.42 Å². The molecule has 8 nitrogen and oxygen atoms in total. The number of aliphatic hydroxyl groups is 1. The van der Waals surface area contributed by atoms with Gasteiger partial charge in [0.25, 0.3) is 0 Å². The summed E-state index contributed by atoms with van der Waals surface area (Å²) >= 11 is 0. The molecule has 2 aliphatic carbocycles. The number of unbranched alkanes of at least 4 members (excludes halogenated alkanes) is 5. The van der Waals surface area contributed by atoms with E-state index in [0.29, 0.717) is 54.6 Å². The second kappa shape index (κ2) is 20.9. The molecule has 1 aromatic carbocycles. The number of aldehydes is 1. The van der Waals surface area contributed by atoms with Crippen molar-refractivity contribution < 1.29 is 38.4 Å². The van der Waals surface area contributed by atoms with Gasteiger partial charge in [-0.3, -0.25) is 4.79 Å². The van der Waals surface area contributed by atoms with Gasteiger partial charge in [0.05, 0.1) is 11.7 Å². The molecule has 0 bridgehead atoms. The Morgan fingerprint density at radius 2 is 1.48 bits per heavy atom. The van der Waals surface area contributed by atoms with Crippen molar-refractivity contribution in [3.8, 4) is 5.75 Å². The van der Waals surface area contributed by atoms with E-state index in [2.05, 4.69) is 33.1 Å². The number of hydrogen-bond donors (Lipinski definition) is 1. The van der Waals surface area contributed by atoms with E-state index in [0.717, 1.165) is 56.8 Å². The molecule has 0 heterocycles. The summed E-state index contributed by atoms with van der Waals surface area (Å²) in [5, 5.41) is 10.6. The normalized spacial score (nSPS) is 16.1. The Morgan fingerprint density at radius 3 is 2.06 bits per heavy atom. The Balaban J connectivity index is 1.55. The molecule has 2 aliphatic rings. The molecule has 0 aliphatic heterocycles. The van der Waals surface area contributed by atoms with Gasteiger partial charge in [-0.1, -0.05) is 71.3 Å². The highest BCUT2D eigenvalue weighted by atomic mass is 16.7. The van der Waals surface area contributed by atoms with E-state index in [9.17, 15) is 19.5 Å². The molecule has 1 N–H and O–H groups in total. The summed E-state index contributed by atoms with van der Waals surface area (Å²) in [6.07, 6.45) is 19.3. The first-order chi connectivity index (χ1) is 23.3. The Kier molecular flexibility index (Phi) is 16.7. The number of ether oxygens (including phenoxy) is 4. The van der Waals surface area contributed by atoms with Crippen LogP contribution in [0.4, 0.5) is 0 Å². The van der Waals surface area contributed by atoms with Crippen LogP contribution in [0.5, 0.6) is 5.75 Å². The molecule has 3 unspecified atom stereocenters. The first-order valence-electron chi connectivity index (χ1n) is 17.4. The predicted molar refractivity (Wildman–Crippen MR) is 187 cm³/mol. The van der Waals surface area contributed by atoms with Crippen LogP contribution in [-0.4, -0.2) is 41.8 Å². The maximum Gasteiger partial charge on any atom is 0.343 e. The van der Waals surface area contributed by atoms with Crippen molar-refractivity contribution in [3.63, 3.8) is 0 Å². The van der Waals surface area contributed by atoms with Gasteiger partial charge in [0.1, 0.15) is 29.7 Å². The summed E-state index contributed by atoms with van der Waals surface area (Å²) in [6.45, 7) is 11.4. The summed E-state index contributed by atoms with van der Waals surface area (Å²) < 4.78 is 23.3. The fraction of sp³-hybridized carbons (Fsp3) is 0.475. The van der Waals surface area contributed by atoms with Gasteiger partial charge in [-0.25, -0.2) is 9.59 Å². The van der Waals surface area contributed by atoms with Gasteiger partial charge in [-0.15, -0.1) is 0 Å². The van der Waals surface area contributed by atoms with Crippen LogP contribution < -0.4 is 4.74 Å². The number of allylic oxidation sites excluding steroid dienone is 8. The summed E-state index contributed by atoms with van der Waals surface area (Å²) in [6, 6.07) is 6.66. The molecule has 0 saturated carbocycles. The van der Waals surface area contributed by atoms with Crippen molar-refractivity contribution >= 4 is 18.2 Å². The second-order valence-electron chi connectivity index (χ2n) is 12.3. The van der Waals surface area contributed by atoms with Crippen molar-refractivity contribution in [2.75, 3.05) is 0 Å². The number of esters is 2. The summed E-state index contributed by atoms with van der Waals surface area (Å²) in [5.74, 6) is 0.984. The van der Waals surface area contributed by atoms with Gasteiger partial charge in [0.2, 0.25) is 6.29 Å². The lowest BCUT2D eigenvalue weighted by Crippen LogP contribution is -2.32. The van der Waals surface area contributed by atoms with Gasteiger partial charge < -0.3 is 24.1 Å². The third kappa shape index (κ3) is 13.1. The Labute approximate surface area is 285 Å². The minimum absolute atomic E-state index is 0.145. The average molecular weight is 661 g/mol. The third-order valence-electron chi connectivity index (χ3n) is 8.39. The molecule has 8 heteroatoms. The molecule has 3 atom stereocenters. The molecule has 260 valence electrons. The van der Waals surface area contributed by atoms with Gasteiger partial charge in [-0.2, -0.15) is 0 Å². The van der Waals surface area contributed by atoms with Crippen LogP contribution in [0.3, 0.4) is 0 Å². The maximum atomic E-state index is 12.9. The van der Waals surface area contributed by atoms with Gasteiger partial charge in [-0.05, 0) is 85.2 Å². The monoisotopic (exact) mass is 660 g/mol. The van der Waals surface area contributed by atoms with Crippen LogP contribution in [0.25, 0.3) is 0 Å². The Hall–Kier alpha value is -4.17. The fourth-order valence-corrected chi connectivity index (χ4v) is 5.56. The number of carbonyl (C=O) groups is 3. The topological polar surface area (TPSA) is 108 Å². The lowest BCUT2D eigenvalue weighted by atomic mass is 9.90. The van der Waals surface area contributed by atoms with Crippen molar-refractivity contribution in [1.29, 1.82) is 0 Å². The zero-order valence-corrected chi connectivity index (χ0v) is 28.6. The van der Waals surface area contributed by atoms with Crippen molar-refractivity contribution in [2.45, 2.75) is 122 Å². The second-order valence-corrected chi connectivity index (χ2v) is 12.3. The van der Waals surface area contributed by atoms with E-state index >= 15 is 0 Å². The molecule has 0 radical (unpaired) electrons. The van der Waals surface area contributed by atoms with E-state index in [1.54, 1.807) is 24.3 Å². The lowest BCUT2D eigenvalue weighted by molar-refractivity contribution is -0.167. The number of rotatable bonds is 22. The largest absolute Gasteiger partial charge is 0.488 e. The predicted octanol–water partition coefficient (Wildman–Crippen LogP) is 8.93. The molecular formula is C40H52O8. The molecule has 0 saturated heterocycles. The number of hydrogen-bond acceptors (Lipinski definition) is 8. The van der Waals surface area contributed by atoms with E-state index < -0.39 is 30.4 Å². The van der Waals surface area contributed by atoms with Crippen LogP contribution in [-0.2, 0) is 23.8 Å². The standard InChI is InChI=1S/C40H52O8/c1-5-8-10-11-12-14-39(48-38(43)7-3)46-34-21-15-30(16-22-34)31-17-23-35(24-18-31)47-40(44)32-19-25-33(26-20-32)45-37(13-9-6-2)36(42)27-29(4)28-41/h7,15,17,19-21,23,25-26,28,36-37,39,42H,3-6,8-14,16,18,22,24,27H2,1-2H3. The highest BCUT2D eigenvalue weighted by Gasteiger charge is 2.23. The van der Waals surface area contributed by atoms with Crippen LogP contribution in [0, 0.1) is 0 Å². The Morgan fingerprint density at radius 1 is 0.833 bits per heavy atom. The highest BCUT2D eigenvalue weighted by Crippen LogP contribution is 2.32. The zero-order valence-electron chi connectivity index (χ0n) is 28.6. The first kappa shape index (κ1) is 38.3. The van der Waals surface area contributed by atoms with Crippen molar-refractivity contribution in [3.05, 3.63) is 102 Å². The minimum atomic E-state index is -0.859. The quantitative estimate of drug-likeness (QED) is 0.0432. The molecule has 0 fully saturated rings. The van der Waals surface area contributed by atoms with Gasteiger partial charge in [0, 0.05) is 31.8 Å². The van der Waals surface area contributed by atoms with E-state index in [4.69, 9.17) is 18.9 Å². The third-order valence-corrected chi connectivity index (χ3v) is 8.39. The molecule has 0 amide bonds. The SMILES string of the molecule is C=CC(=O)OC(CCCCCCC)OC1=CC=C(C2=CC=C(OC(=O)c3ccc(OC(CCCC)C(O)CC(=C)C=O)cc3)CC2)CC1.